The van der Waals surface area contributed by atoms with Crippen molar-refractivity contribution in [1.29, 1.82) is 0 Å². The number of halogens is 3. The quantitative estimate of drug-likeness (QED) is 0.564. The predicted octanol–water partition coefficient (Wildman–Crippen LogP) is 1.92. The molecule has 0 unspecified atom stereocenters. The van der Waals surface area contributed by atoms with Crippen molar-refractivity contribution in [2.75, 3.05) is 19.8 Å². The normalized spacial score (nSPS) is 13.3. The molecule has 172 valence electrons. The number of nitrogens with one attached hydrogen (secondary N) is 1. The Morgan fingerprint density at radius 1 is 1.34 bits per heavy atom. The molecule has 0 aromatic carbocycles. The molecule has 1 aliphatic rings. The van der Waals surface area contributed by atoms with Crippen molar-refractivity contribution in [3.63, 3.8) is 0 Å². The second-order valence-electron chi connectivity index (χ2n) is 7.42. The number of aromatic nitrogens is 2. The van der Waals surface area contributed by atoms with Gasteiger partial charge in [-0.3, -0.25) is 14.6 Å². The summed E-state index contributed by atoms with van der Waals surface area (Å²) in [5.74, 6) is -0.584. The molecule has 32 heavy (non-hydrogen) atoms. The Labute approximate surface area is 182 Å². The van der Waals surface area contributed by atoms with Gasteiger partial charge < -0.3 is 20.1 Å². The molecule has 2 aromatic heterocycles. The Hall–Kier alpha value is -3.21. The van der Waals surface area contributed by atoms with E-state index in [1.165, 1.54) is 12.4 Å². The molecule has 2 amide bonds. The molecule has 2 aromatic rings. The third kappa shape index (κ3) is 5.94. The lowest BCUT2D eigenvalue weighted by atomic mass is 10.1. The minimum atomic E-state index is -4.46. The van der Waals surface area contributed by atoms with Crippen molar-refractivity contribution >= 4 is 11.8 Å². The first-order valence-corrected chi connectivity index (χ1v) is 9.96. The first kappa shape index (κ1) is 23.5. The number of carbonyl (C=O) groups is 2. The number of pyridine rings is 2. The molecule has 1 aliphatic heterocycles. The molecule has 11 heteroatoms. The number of fused-ring (bicyclic) bond motifs is 1. The molecule has 8 nitrogen and oxygen atoms in total. The van der Waals surface area contributed by atoms with Crippen LogP contribution >= 0.6 is 0 Å². The highest BCUT2D eigenvalue weighted by Crippen LogP contribution is 2.27. The standard InChI is InChI=1S/C21H23F3N4O4/c1-13-7-14(9-27-19(13)32-12-21(22,23)24)10-28-11-16-15(20(28)31)3-5-25-17(16)8-18(30)26-4-2-6-29/h3,5,7,9,29H,2,4,6,8,10-12H2,1H3,(H,26,30). The molecule has 3 rings (SSSR count). The van der Waals surface area contributed by atoms with Crippen LogP contribution < -0.4 is 10.1 Å². The first-order chi connectivity index (χ1) is 15.2. The molecule has 0 saturated heterocycles. The number of nitrogens with zero attached hydrogens (tertiary/aromatic N) is 3. The van der Waals surface area contributed by atoms with Gasteiger partial charge in [-0.1, -0.05) is 0 Å². The molecule has 2 N–H and O–H groups in total. The fourth-order valence-corrected chi connectivity index (χ4v) is 3.38. The number of aryl methyl sites for hydroxylation is 1. The van der Waals surface area contributed by atoms with Crippen LogP contribution in [0.15, 0.2) is 24.5 Å². The summed E-state index contributed by atoms with van der Waals surface area (Å²) in [6.45, 7) is 0.941. The topological polar surface area (TPSA) is 105 Å². The van der Waals surface area contributed by atoms with E-state index < -0.39 is 12.8 Å². The number of aliphatic hydroxyl groups excluding tert-OH is 1. The average Bonchev–Trinajstić information content (AvgIpc) is 3.03. The first-order valence-electron chi connectivity index (χ1n) is 9.96. The van der Waals surface area contributed by atoms with Gasteiger partial charge in [0.25, 0.3) is 5.91 Å². The second kappa shape index (κ2) is 9.94. The lowest BCUT2D eigenvalue weighted by molar-refractivity contribution is -0.154. The van der Waals surface area contributed by atoms with Crippen molar-refractivity contribution in [3.05, 3.63) is 52.5 Å². The lowest BCUT2D eigenvalue weighted by Crippen LogP contribution is -2.27. The fraction of sp³-hybridized carbons (Fsp3) is 0.429. The molecule has 0 saturated carbocycles. The van der Waals surface area contributed by atoms with E-state index in [9.17, 15) is 22.8 Å². The summed E-state index contributed by atoms with van der Waals surface area (Å²) in [7, 11) is 0. The Kier molecular flexibility index (Phi) is 7.29. The van der Waals surface area contributed by atoms with Crippen molar-refractivity contribution in [2.24, 2.45) is 0 Å². The van der Waals surface area contributed by atoms with E-state index in [2.05, 4.69) is 15.3 Å². The Bertz CT molecular complexity index is 997. The SMILES string of the molecule is Cc1cc(CN2Cc3c(ccnc3CC(=O)NCCCO)C2=O)cnc1OCC(F)(F)F. The predicted molar refractivity (Wildman–Crippen MR) is 107 cm³/mol. The van der Waals surface area contributed by atoms with Gasteiger partial charge in [0.1, 0.15) is 0 Å². The van der Waals surface area contributed by atoms with Gasteiger partial charge in [-0.05, 0) is 31.0 Å². The van der Waals surface area contributed by atoms with E-state index in [0.29, 0.717) is 40.9 Å². The van der Waals surface area contributed by atoms with Crippen LogP contribution in [0.25, 0.3) is 0 Å². The molecule has 0 fully saturated rings. The van der Waals surface area contributed by atoms with Crippen LogP contribution in [0.4, 0.5) is 13.2 Å². The zero-order valence-corrected chi connectivity index (χ0v) is 17.4. The van der Waals surface area contributed by atoms with Crippen molar-refractivity contribution in [2.45, 2.75) is 39.0 Å². The largest absolute Gasteiger partial charge is 0.468 e. The minimum Gasteiger partial charge on any atom is -0.468 e. The van der Waals surface area contributed by atoms with Crippen molar-refractivity contribution in [3.8, 4) is 5.88 Å². The smallest absolute Gasteiger partial charge is 0.422 e. The van der Waals surface area contributed by atoms with Crippen molar-refractivity contribution in [1.82, 2.24) is 20.2 Å². The van der Waals surface area contributed by atoms with E-state index in [-0.39, 0.29) is 43.8 Å². The molecule has 3 heterocycles. The van der Waals surface area contributed by atoms with Crippen LogP contribution in [0.5, 0.6) is 5.88 Å². The number of ether oxygens (including phenoxy) is 1. The molecular formula is C21H23F3N4O4. The van der Waals surface area contributed by atoms with Crippen LogP contribution in [-0.2, 0) is 24.3 Å². The highest BCUT2D eigenvalue weighted by atomic mass is 19.4. The van der Waals surface area contributed by atoms with Crippen LogP contribution in [0, 0.1) is 6.92 Å². The highest BCUT2D eigenvalue weighted by molar-refractivity contribution is 5.98. The van der Waals surface area contributed by atoms with Gasteiger partial charge in [0.15, 0.2) is 6.61 Å². The summed E-state index contributed by atoms with van der Waals surface area (Å²) in [4.78, 5) is 34.7. The molecule has 0 atom stereocenters. The third-order valence-corrected chi connectivity index (χ3v) is 4.83. The van der Waals surface area contributed by atoms with E-state index in [0.717, 1.165) is 0 Å². The minimum absolute atomic E-state index is 0.0155. The van der Waals surface area contributed by atoms with E-state index in [4.69, 9.17) is 9.84 Å². The number of rotatable bonds is 9. The van der Waals surface area contributed by atoms with Crippen LogP contribution in [-0.4, -0.2) is 57.7 Å². The second-order valence-corrected chi connectivity index (χ2v) is 7.42. The lowest BCUT2D eigenvalue weighted by Gasteiger charge is -2.17. The summed E-state index contributed by atoms with van der Waals surface area (Å²) in [5.41, 5.74) is 2.71. The van der Waals surface area contributed by atoms with Gasteiger partial charge >= 0.3 is 6.18 Å². The number of hydrogen-bond acceptors (Lipinski definition) is 6. The van der Waals surface area contributed by atoms with Gasteiger partial charge in [0.2, 0.25) is 11.8 Å². The highest BCUT2D eigenvalue weighted by Gasteiger charge is 2.31. The monoisotopic (exact) mass is 452 g/mol. The maximum atomic E-state index is 12.8. The molecule has 0 spiro atoms. The van der Waals surface area contributed by atoms with Gasteiger partial charge in [0.05, 0.1) is 12.1 Å². The number of carbonyl (C=O) groups excluding carboxylic acids is 2. The van der Waals surface area contributed by atoms with Crippen molar-refractivity contribution < 1.29 is 32.6 Å². The fourth-order valence-electron chi connectivity index (χ4n) is 3.38. The molecule has 0 radical (unpaired) electrons. The zero-order valence-electron chi connectivity index (χ0n) is 17.4. The van der Waals surface area contributed by atoms with E-state index in [1.807, 2.05) is 0 Å². The molecule has 0 aliphatic carbocycles. The number of aliphatic hydroxyl groups is 1. The van der Waals surface area contributed by atoms with E-state index in [1.54, 1.807) is 24.0 Å². The molecular weight excluding hydrogens is 429 g/mol. The van der Waals surface area contributed by atoms with E-state index >= 15 is 0 Å². The summed E-state index contributed by atoms with van der Waals surface area (Å²) in [6.07, 6.45) is -1.13. The summed E-state index contributed by atoms with van der Waals surface area (Å²) >= 11 is 0. The summed E-state index contributed by atoms with van der Waals surface area (Å²) in [6, 6.07) is 3.23. The van der Waals surface area contributed by atoms with Gasteiger partial charge in [-0.2, -0.15) is 13.2 Å². The Morgan fingerprint density at radius 3 is 2.81 bits per heavy atom. The van der Waals surface area contributed by atoms with Crippen LogP contribution in [0.1, 0.15) is 39.2 Å². The number of alkyl halides is 3. The van der Waals surface area contributed by atoms with Crippen LogP contribution in [0.3, 0.4) is 0 Å². The molecule has 0 bridgehead atoms. The maximum Gasteiger partial charge on any atom is 0.422 e. The Balaban J connectivity index is 1.67. The van der Waals surface area contributed by atoms with Crippen LogP contribution in [0.2, 0.25) is 0 Å². The summed E-state index contributed by atoms with van der Waals surface area (Å²) in [5, 5.41) is 11.5. The summed E-state index contributed by atoms with van der Waals surface area (Å²) < 4.78 is 41.8. The van der Waals surface area contributed by atoms with Gasteiger partial charge in [0, 0.05) is 55.3 Å². The zero-order chi connectivity index (χ0) is 23.3. The average molecular weight is 452 g/mol. The van der Waals surface area contributed by atoms with Gasteiger partial charge in [-0.25, -0.2) is 4.98 Å². The number of hydrogen-bond donors (Lipinski definition) is 2. The maximum absolute atomic E-state index is 12.8. The third-order valence-electron chi connectivity index (χ3n) is 4.83. The number of amides is 2. The Morgan fingerprint density at radius 2 is 2.12 bits per heavy atom. The van der Waals surface area contributed by atoms with Gasteiger partial charge in [-0.15, -0.1) is 0 Å².